The third-order valence-electron chi connectivity index (χ3n) is 3.32. The summed E-state index contributed by atoms with van der Waals surface area (Å²) < 4.78 is 0. The van der Waals surface area contributed by atoms with Gasteiger partial charge in [0.1, 0.15) is 5.01 Å². The van der Waals surface area contributed by atoms with Crippen molar-refractivity contribution in [1.29, 1.82) is 0 Å². The number of likely N-dealkylation sites (tertiary alicyclic amines) is 1. The minimum atomic E-state index is 0.482. The van der Waals surface area contributed by atoms with Gasteiger partial charge in [-0.2, -0.15) is 5.10 Å². The van der Waals surface area contributed by atoms with Gasteiger partial charge in [-0.15, -0.1) is 11.3 Å². The van der Waals surface area contributed by atoms with Crippen LogP contribution in [0.5, 0.6) is 0 Å². The van der Waals surface area contributed by atoms with Crippen LogP contribution in [0.4, 0.5) is 0 Å². The molecule has 3 rings (SSSR count). The molecule has 0 unspecified atom stereocenters. The van der Waals surface area contributed by atoms with Gasteiger partial charge in [-0.3, -0.25) is 10.00 Å². The number of nitrogens with zero attached hydrogens (tertiary/aromatic N) is 3. The molecule has 0 saturated carbocycles. The molecule has 0 radical (unpaired) electrons. The molecule has 1 aliphatic rings. The quantitative estimate of drug-likeness (QED) is 0.908. The second-order valence-corrected chi connectivity index (χ2v) is 5.40. The number of H-pyrrole nitrogens is 1. The molecule has 1 aliphatic heterocycles. The predicted molar refractivity (Wildman–Crippen MR) is 67.7 cm³/mol. The molecular weight excluding hydrogens is 232 g/mol. The van der Waals surface area contributed by atoms with E-state index in [0.717, 1.165) is 13.1 Å². The molecule has 0 aliphatic carbocycles. The third-order valence-corrected chi connectivity index (χ3v) is 4.08. The molecule has 3 heterocycles. The monoisotopic (exact) mass is 248 g/mol. The second-order valence-electron chi connectivity index (χ2n) is 4.42. The van der Waals surface area contributed by atoms with E-state index in [1.807, 2.05) is 17.8 Å². The molecule has 17 heavy (non-hydrogen) atoms. The highest BCUT2D eigenvalue weighted by Gasteiger charge is 2.25. The predicted octanol–water partition coefficient (Wildman–Crippen LogP) is 2.59. The Hall–Kier alpha value is -1.20. The topological polar surface area (TPSA) is 44.8 Å². The maximum atomic E-state index is 4.38. The summed E-state index contributed by atoms with van der Waals surface area (Å²) in [6.07, 6.45) is 7.53. The molecule has 5 heteroatoms. The van der Waals surface area contributed by atoms with E-state index in [1.54, 1.807) is 11.3 Å². The van der Waals surface area contributed by atoms with Crippen molar-refractivity contribution in [2.75, 3.05) is 6.54 Å². The lowest BCUT2D eigenvalue weighted by atomic mass is 9.99. The first-order valence-corrected chi connectivity index (χ1v) is 6.93. The zero-order chi connectivity index (χ0) is 11.5. The van der Waals surface area contributed by atoms with Crippen molar-refractivity contribution in [3.05, 3.63) is 34.5 Å². The molecule has 1 N–H and O–H groups in total. The molecule has 0 amide bonds. The summed E-state index contributed by atoms with van der Waals surface area (Å²) >= 11 is 1.74. The summed E-state index contributed by atoms with van der Waals surface area (Å²) in [5, 5.41) is 10.4. The van der Waals surface area contributed by atoms with Gasteiger partial charge < -0.3 is 0 Å². The van der Waals surface area contributed by atoms with Crippen LogP contribution in [-0.2, 0) is 6.54 Å². The smallest absolute Gasteiger partial charge is 0.107 e. The van der Waals surface area contributed by atoms with Crippen LogP contribution in [0, 0.1) is 0 Å². The van der Waals surface area contributed by atoms with Crippen molar-refractivity contribution in [1.82, 2.24) is 20.1 Å². The maximum Gasteiger partial charge on any atom is 0.107 e. The Morgan fingerprint density at radius 3 is 3.18 bits per heavy atom. The molecule has 1 fully saturated rings. The lowest BCUT2D eigenvalue weighted by Crippen LogP contribution is -2.33. The van der Waals surface area contributed by atoms with E-state index in [1.165, 1.54) is 30.0 Å². The van der Waals surface area contributed by atoms with Crippen LogP contribution >= 0.6 is 11.3 Å². The van der Waals surface area contributed by atoms with Gasteiger partial charge in [0.2, 0.25) is 0 Å². The lowest BCUT2D eigenvalue weighted by molar-refractivity contribution is 0.137. The van der Waals surface area contributed by atoms with Gasteiger partial charge in [0.05, 0.1) is 18.3 Å². The lowest BCUT2D eigenvalue weighted by Gasteiger charge is -2.34. The molecule has 0 aromatic carbocycles. The SMILES string of the molecule is c1cc([C@@H]2CCCCN2Cc2nccs2)[nH]n1. The fraction of sp³-hybridized carbons (Fsp3) is 0.500. The molecular formula is C12H16N4S. The van der Waals surface area contributed by atoms with Gasteiger partial charge in [0.15, 0.2) is 0 Å². The largest absolute Gasteiger partial charge is 0.288 e. The average Bonchev–Trinajstić information content (AvgIpc) is 3.01. The Morgan fingerprint density at radius 2 is 2.41 bits per heavy atom. The maximum absolute atomic E-state index is 4.38. The Kier molecular flexibility index (Phi) is 3.20. The van der Waals surface area contributed by atoms with Crippen LogP contribution in [-0.4, -0.2) is 26.6 Å². The third kappa shape index (κ3) is 2.40. The first-order chi connectivity index (χ1) is 8.43. The first-order valence-electron chi connectivity index (χ1n) is 6.05. The van der Waals surface area contributed by atoms with E-state index >= 15 is 0 Å². The number of aromatic nitrogens is 3. The number of thiazole rings is 1. The summed E-state index contributed by atoms with van der Waals surface area (Å²) in [6.45, 7) is 2.12. The van der Waals surface area contributed by atoms with Crippen LogP contribution in [0.2, 0.25) is 0 Å². The number of piperidine rings is 1. The fourth-order valence-corrected chi connectivity index (χ4v) is 3.13. The van der Waals surface area contributed by atoms with Gasteiger partial charge in [0.25, 0.3) is 0 Å². The van der Waals surface area contributed by atoms with Gasteiger partial charge in [0, 0.05) is 17.8 Å². The van der Waals surface area contributed by atoms with Gasteiger partial charge >= 0.3 is 0 Å². The van der Waals surface area contributed by atoms with Crippen molar-refractivity contribution in [2.24, 2.45) is 0 Å². The molecule has 2 aromatic heterocycles. The van der Waals surface area contributed by atoms with Crippen molar-refractivity contribution < 1.29 is 0 Å². The van der Waals surface area contributed by atoms with Crippen LogP contribution in [0.25, 0.3) is 0 Å². The highest BCUT2D eigenvalue weighted by molar-refractivity contribution is 7.09. The summed E-state index contributed by atoms with van der Waals surface area (Å²) in [7, 11) is 0. The highest BCUT2D eigenvalue weighted by Crippen LogP contribution is 2.30. The second kappa shape index (κ2) is 4.98. The van der Waals surface area contributed by atoms with Crippen LogP contribution < -0.4 is 0 Å². The van der Waals surface area contributed by atoms with Crippen LogP contribution in [0.3, 0.4) is 0 Å². The number of hydrogen-bond donors (Lipinski definition) is 1. The van der Waals surface area contributed by atoms with Crippen LogP contribution in [0.1, 0.15) is 36.0 Å². The minimum Gasteiger partial charge on any atom is -0.288 e. The van der Waals surface area contributed by atoms with E-state index < -0.39 is 0 Å². The molecule has 1 atom stereocenters. The zero-order valence-electron chi connectivity index (χ0n) is 9.67. The Balaban J connectivity index is 1.76. The Labute approximate surface area is 105 Å². The fourth-order valence-electron chi connectivity index (χ4n) is 2.49. The van der Waals surface area contributed by atoms with Crippen LogP contribution in [0.15, 0.2) is 23.8 Å². The van der Waals surface area contributed by atoms with Gasteiger partial charge in [-0.1, -0.05) is 6.42 Å². The summed E-state index contributed by atoms with van der Waals surface area (Å²) in [4.78, 5) is 6.89. The highest BCUT2D eigenvalue weighted by atomic mass is 32.1. The van der Waals surface area contributed by atoms with Crippen molar-refractivity contribution >= 4 is 11.3 Å². The van der Waals surface area contributed by atoms with Gasteiger partial charge in [-0.05, 0) is 25.5 Å². The number of rotatable bonds is 3. The molecule has 2 aromatic rings. The molecule has 0 spiro atoms. The summed E-state index contributed by atoms with van der Waals surface area (Å²) in [6, 6.07) is 2.57. The number of hydrogen-bond acceptors (Lipinski definition) is 4. The average molecular weight is 248 g/mol. The van der Waals surface area contributed by atoms with E-state index in [0.29, 0.717) is 6.04 Å². The van der Waals surface area contributed by atoms with Gasteiger partial charge in [-0.25, -0.2) is 4.98 Å². The minimum absolute atomic E-state index is 0.482. The molecule has 4 nitrogen and oxygen atoms in total. The Morgan fingerprint density at radius 1 is 1.41 bits per heavy atom. The summed E-state index contributed by atoms with van der Waals surface area (Å²) in [5.41, 5.74) is 1.24. The van der Waals surface area contributed by atoms with E-state index in [2.05, 4.69) is 26.1 Å². The summed E-state index contributed by atoms with van der Waals surface area (Å²) in [5.74, 6) is 0. The van der Waals surface area contributed by atoms with E-state index in [-0.39, 0.29) is 0 Å². The van der Waals surface area contributed by atoms with Crippen molar-refractivity contribution in [2.45, 2.75) is 31.8 Å². The molecule has 1 saturated heterocycles. The van der Waals surface area contributed by atoms with E-state index in [4.69, 9.17) is 0 Å². The van der Waals surface area contributed by atoms with Crippen molar-refractivity contribution in [3.63, 3.8) is 0 Å². The Bertz CT molecular complexity index is 437. The van der Waals surface area contributed by atoms with E-state index in [9.17, 15) is 0 Å². The molecule has 90 valence electrons. The number of aromatic amines is 1. The van der Waals surface area contributed by atoms with Crippen molar-refractivity contribution in [3.8, 4) is 0 Å². The number of nitrogens with one attached hydrogen (secondary N) is 1. The standard InChI is InChI=1S/C12H16N4S/c1-2-7-16(9-12-13-6-8-17-12)11(3-1)10-4-5-14-15-10/h4-6,8,11H,1-3,7,9H2,(H,14,15)/t11-/m0/s1. The normalized spacial score (nSPS) is 21.8. The first kappa shape index (κ1) is 10.9. The molecule has 0 bridgehead atoms. The zero-order valence-corrected chi connectivity index (χ0v) is 10.5.